The van der Waals surface area contributed by atoms with Crippen LogP contribution in [0.25, 0.3) is 11.2 Å². The molecule has 5 atom stereocenters. The monoisotopic (exact) mass is 474 g/mol. The maximum Gasteiger partial charge on any atom is 0.632 e. The number of aromatic nitrogens is 4. The van der Waals surface area contributed by atoms with Crippen LogP contribution in [0.15, 0.2) is 4.79 Å². The standard InChI is InChI=1S/C16H23N6O9P/c1-2-3-4-5-6-17-27-7-8-10(23)11(24)14(28-8)21-13-9-12(25)19-15-20-30-32(26,31-22(13)15)29-16(21)18-9/h8,10-11,14,17,23-24H,2-7H2,1H3,(H,19,20,25). The molecule has 16 heteroatoms. The van der Waals surface area contributed by atoms with E-state index in [1.807, 2.05) is 0 Å². The van der Waals surface area contributed by atoms with E-state index >= 15 is 0 Å². The number of rotatable bonds is 9. The fourth-order valence-corrected chi connectivity index (χ4v) is 4.72. The lowest BCUT2D eigenvalue weighted by Gasteiger charge is -2.23. The number of hydrogen-bond acceptors (Lipinski definition) is 13. The van der Waals surface area contributed by atoms with Gasteiger partial charge in [-0.2, -0.15) is 9.97 Å². The average molecular weight is 474 g/mol. The molecule has 32 heavy (non-hydrogen) atoms. The number of nitrogens with zero attached hydrogens (tertiary/aromatic N) is 4. The van der Waals surface area contributed by atoms with Crippen LogP contribution < -0.4 is 25.7 Å². The van der Waals surface area contributed by atoms with Gasteiger partial charge in [-0.15, -0.1) is 9.35 Å². The minimum absolute atomic E-state index is 0.0320. The van der Waals surface area contributed by atoms with Crippen LogP contribution in [0.4, 0.5) is 5.95 Å². The Bertz CT molecular complexity index is 1120. The number of ether oxygens (including phenoxy) is 1. The first-order chi connectivity index (χ1) is 15.4. The third-order valence-corrected chi connectivity index (χ3v) is 6.41. The molecule has 0 amide bonds. The average Bonchev–Trinajstić information content (AvgIpc) is 3.22. The number of phosphoric acid groups is 1. The number of imidazole rings is 1. The first-order valence-corrected chi connectivity index (χ1v) is 11.7. The van der Waals surface area contributed by atoms with Crippen LogP contribution in [0.3, 0.4) is 0 Å². The Balaban J connectivity index is 1.38. The number of fused-ring (bicyclic) bond motifs is 2. The van der Waals surface area contributed by atoms with Crippen LogP contribution in [-0.2, 0) is 18.8 Å². The van der Waals surface area contributed by atoms with Gasteiger partial charge in [0.05, 0.1) is 6.61 Å². The lowest BCUT2D eigenvalue weighted by atomic mass is 10.1. The van der Waals surface area contributed by atoms with Crippen molar-refractivity contribution in [3.63, 3.8) is 0 Å². The van der Waals surface area contributed by atoms with E-state index in [-0.39, 0.29) is 29.7 Å². The topological polar surface area (TPSA) is 180 Å². The van der Waals surface area contributed by atoms with E-state index in [1.165, 1.54) is 4.57 Å². The van der Waals surface area contributed by atoms with E-state index in [9.17, 15) is 19.6 Å². The summed E-state index contributed by atoms with van der Waals surface area (Å²) in [5.41, 5.74) is 4.11. The molecule has 5 unspecified atom stereocenters. The molecule has 0 spiro atoms. The van der Waals surface area contributed by atoms with E-state index in [0.717, 1.165) is 30.4 Å². The predicted octanol–water partition coefficient (Wildman–Crippen LogP) is -0.400. The number of unbranched alkanes of at least 4 members (excludes halogenated alkanes) is 3. The summed E-state index contributed by atoms with van der Waals surface area (Å²) in [7, 11) is -4.18. The molecule has 5 heterocycles. The molecule has 2 aromatic rings. The molecule has 15 nitrogen and oxygen atoms in total. The minimum atomic E-state index is -4.18. The van der Waals surface area contributed by atoms with E-state index in [2.05, 4.69) is 27.9 Å². The fraction of sp³-hybridized carbons (Fsp3) is 0.688. The number of aliphatic hydroxyl groups is 2. The SMILES string of the molecule is CCCCCCNOCC1OC(n2c3nc4c(=O)nc5n(c42)OP(=O)(ON5)O3)C(O)C1O. The van der Waals surface area contributed by atoms with E-state index in [0.29, 0.717) is 6.54 Å². The zero-order valence-electron chi connectivity index (χ0n) is 17.0. The number of anilines is 1. The molecule has 2 aromatic heterocycles. The van der Waals surface area contributed by atoms with Crippen LogP contribution in [0.1, 0.15) is 38.8 Å². The van der Waals surface area contributed by atoms with Crippen LogP contribution in [0.2, 0.25) is 0 Å². The molecule has 4 N–H and O–H groups in total. The molecule has 4 bridgehead atoms. The van der Waals surface area contributed by atoms with Gasteiger partial charge < -0.3 is 19.5 Å². The van der Waals surface area contributed by atoms with Crippen LogP contribution in [0.5, 0.6) is 6.01 Å². The van der Waals surface area contributed by atoms with Crippen molar-refractivity contribution in [2.75, 3.05) is 18.6 Å². The number of hydroxylamine groups is 1. The summed E-state index contributed by atoms with van der Waals surface area (Å²) in [4.78, 5) is 25.5. The van der Waals surface area contributed by atoms with Gasteiger partial charge in [-0.3, -0.25) is 14.3 Å². The zero-order valence-corrected chi connectivity index (χ0v) is 17.9. The second-order valence-electron chi connectivity index (χ2n) is 7.60. The molecule has 0 saturated carbocycles. The Morgan fingerprint density at radius 2 is 2.09 bits per heavy atom. The maximum absolute atomic E-state index is 12.6. The molecule has 1 fully saturated rings. The van der Waals surface area contributed by atoms with Crippen molar-refractivity contribution in [2.45, 2.75) is 57.1 Å². The second kappa shape index (κ2) is 8.26. The van der Waals surface area contributed by atoms with Crippen molar-refractivity contribution >= 4 is 24.9 Å². The van der Waals surface area contributed by atoms with Crippen LogP contribution in [-0.4, -0.2) is 60.9 Å². The molecular weight excluding hydrogens is 451 g/mol. The van der Waals surface area contributed by atoms with E-state index < -0.39 is 37.9 Å². The molecule has 5 rings (SSSR count). The van der Waals surface area contributed by atoms with E-state index in [1.54, 1.807) is 0 Å². The van der Waals surface area contributed by atoms with Crippen molar-refractivity contribution in [3.05, 3.63) is 10.4 Å². The Morgan fingerprint density at radius 3 is 2.91 bits per heavy atom. The molecule has 176 valence electrons. The predicted molar refractivity (Wildman–Crippen MR) is 105 cm³/mol. The van der Waals surface area contributed by atoms with E-state index in [4.69, 9.17) is 23.3 Å². The largest absolute Gasteiger partial charge is 0.632 e. The van der Waals surface area contributed by atoms with Gasteiger partial charge >= 0.3 is 19.4 Å². The molecular formula is C16H23N6O9P. The summed E-state index contributed by atoms with van der Waals surface area (Å²) in [5, 5.41) is 21.1. The van der Waals surface area contributed by atoms with Crippen molar-refractivity contribution in [1.29, 1.82) is 0 Å². The van der Waals surface area contributed by atoms with Crippen molar-refractivity contribution in [2.24, 2.45) is 0 Å². The lowest BCUT2D eigenvalue weighted by molar-refractivity contribution is -0.0868. The van der Waals surface area contributed by atoms with Gasteiger partial charge in [-0.1, -0.05) is 26.2 Å². The quantitative estimate of drug-likeness (QED) is 0.210. The zero-order chi connectivity index (χ0) is 22.5. The van der Waals surface area contributed by atoms with Gasteiger partial charge in [0.25, 0.3) is 5.95 Å². The molecule has 0 aromatic carbocycles. The van der Waals surface area contributed by atoms with Crippen molar-refractivity contribution in [1.82, 2.24) is 24.7 Å². The summed E-state index contributed by atoms with van der Waals surface area (Å²) in [6.07, 6.45) is -0.625. The van der Waals surface area contributed by atoms with Gasteiger partial charge in [0, 0.05) is 6.54 Å². The Labute approximate surface area is 180 Å². The van der Waals surface area contributed by atoms with Crippen LogP contribution >= 0.6 is 7.82 Å². The summed E-state index contributed by atoms with van der Waals surface area (Å²) in [5.74, 6) is -0.202. The highest BCUT2D eigenvalue weighted by Gasteiger charge is 2.50. The Morgan fingerprint density at radius 1 is 1.25 bits per heavy atom. The molecule has 0 aliphatic carbocycles. The third kappa shape index (κ3) is 3.55. The molecule has 3 aliphatic rings. The summed E-state index contributed by atoms with van der Waals surface area (Å²) >= 11 is 0. The normalized spacial score (nSPS) is 30.3. The fourth-order valence-electron chi connectivity index (χ4n) is 3.74. The minimum Gasteiger partial charge on any atom is -0.387 e. The van der Waals surface area contributed by atoms with Gasteiger partial charge in [0.15, 0.2) is 17.4 Å². The Hall–Kier alpha value is -2.26. The van der Waals surface area contributed by atoms with Gasteiger partial charge in [0.1, 0.15) is 18.3 Å². The summed E-state index contributed by atoms with van der Waals surface area (Å²) < 4.78 is 35.9. The van der Waals surface area contributed by atoms with Gasteiger partial charge in [-0.25, -0.2) is 20.1 Å². The number of hydrogen-bond donors (Lipinski definition) is 4. The molecule has 3 aliphatic heterocycles. The van der Waals surface area contributed by atoms with Crippen molar-refractivity contribution in [3.8, 4) is 6.01 Å². The number of aliphatic hydroxyl groups excluding tert-OH is 2. The number of nitrogens with one attached hydrogen (secondary N) is 2. The highest BCUT2D eigenvalue weighted by molar-refractivity contribution is 7.49. The first kappa shape index (κ1) is 21.6. The highest BCUT2D eigenvalue weighted by atomic mass is 31.2. The van der Waals surface area contributed by atoms with Crippen molar-refractivity contribution < 1.29 is 38.1 Å². The summed E-state index contributed by atoms with van der Waals surface area (Å²) in [6.45, 7) is 2.71. The Kier molecular flexibility index (Phi) is 5.57. The third-order valence-electron chi connectivity index (χ3n) is 5.35. The lowest BCUT2D eigenvalue weighted by Crippen LogP contribution is -2.35. The molecule has 1 saturated heterocycles. The smallest absolute Gasteiger partial charge is 0.387 e. The molecule has 0 radical (unpaired) electrons. The van der Waals surface area contributed by atoms with Gasteiger partial charge in [-0.05, 0) is 6.42 Å². The second-order valence-corrected chi connectivity index (χ2v) is 9.02. The summed E-state index contributed by atoms with van der Waals surface area (Å²) in [6, 6.07) is -0.360. The highest BCUT2D eigenvalue weighted by Crippen LogP contribution is 2.52. The maximum atomic E-state index is 12.6. The van der Waals surface area contributed by atoms with Crippen LogP contribution in [0, 0.1) is 0 Å². The first-order valence-electron chi connectivity index (χ1n) is 10.3. The van der Waals surface area contributed by atoms with Gasteiger partial charge in [0.2, 0.25) is 0 Å².